The van der Waals surface area contributed by atoms with Crippen LogP contribution in [0, 0.1) is 5.92 Å². The molecule has 0 heterocycles. The highest BCUT2D eigenvalue weighted by atomic mass is 16.5. The average molecular weight is 266 g/mol. The van der Waals surface area contributed by atoms with Crippen molar-refractivity contribution < 1.29 is 9.53 Å². The minimum Gasteiger partial charge on any atom is -0.496 e. The van der Waals surface area contributed by atoms with Crippen LogP contribution < -0.4 is 4.74 Å². The molecule has 0 spiro atoms. The van der Waals surface area contributed by atoms with Gasteiger partial charge in [-0.05, 0) is 30.0 Å². The zero-order chi connectivity index (χ0) is 13.9. The molecule has 0 N–H and O–H groups in total. The molecular formula is C18H18O2. The van der Waals surface area contributed by atoms with E-state index in [2.05, 4.69) is 12.1 Å². The third-order valence-corrected chi connectivity index (χ3v) is 4.06. The van der Waals surface area contributed by atoms with Gasteiger partial charge in [0.2, 0.25) is 0 Å². The summed E-state index contributed by atoms with van der Waals surface area (Å²) < 4.78 is 5.32. The van der Waals surface area contributed by atoms with E-state index in [-0.39, 0.29) is 5.92 Å². The molecule has 0 aliphatic heterocycles. The minimum atomic E-state index is 0.123. The number of ether oxygens (including phenoxy) is 1. The summed E-state index contributed by atoms with van der Waals surface area (Å²) >= 11 is 0. The van der Waals surface area contributed by atoms with Crippen molar-refractivity contribution in [3.05, 3.63) is 65.2 Å². The number of hydrogen-bond donors (Lipinski definition) is 0. The summed E-state index contributed by atoms with van der Waals surface area (Å²) in [6.07, 6.45) is 2.22. The SMILES string of the molecule is COc1ccccc1CC(=O)C1Cc2ccccc2C1. The lowest BCUT2D eigenvalue weighted by Crippen LogP contribution is -2.17. The monoisotopic (exact) mass is 266 g/mol. The van der Waals surface area contributed by atoms with Crippen molar-refractivity contribution >= 4 is 5.78 Å². The zero-order valence-electron chi connectivity index (χ0n) is 11.6. The highest BCUT2D eigenvalue weighted by molar-refractivity contribution is 5.85. The Balaban J connectivity index is 1.72. The van der Waals surface area contributed by atoms with Gasteiger partial charge >= 0.3 is 0 Å². The number of hydrogen-bond acceptors (Lipinski definition) is 2. The number of carbonyl (C=O) groups excluding carboxylic acids is 1. The number of rotatable bonds is 4. The maximum absolute atomic E-state index is 12.5. The van der Waals surface area contributed by atoms with Crippen molar-refractivity contribution in [2.45, 2.75) is 19.3 Å². The first kappa shape index (κ1) is 12.9. The van der Waals surface area contributed by atoms with Gasteiger partial charge in [0.25, 0.3) is 0 Å². The summed E-state index contributed by atoms with van der Waals surface area (Å²) in [5.41, 5.74) is 3.63. The van der Waals surface area contributed by atoms with Crippen molar-refractivity contribution in [2.75, 3.05) is 7.11 Å². The summed E-state index contributed by atoms with van der Waals surface area (Å²) in [5.74, 6) is 1.24. The van der Waals surface area contributed by atoms with Gasteiger partial charge < -0.3 is 4.74 Å². The zero-order valence-corrected chi connectivity index (χ0v) is 11.6. The Morgan fingerprint density at radius 1 is 1.05 bits per heavy atom. The third kappa shape index (κ3) is 2.46. The second-order valence-electron chi connectivity index (χ2n) is 5.33. The first-order chi connectivity index (χ1) is 9.78. The number of methoxy groups -OCH3 is 1. The fraction of sp³-hybridized carbons (Fsp3) is 0.278. The van der Waals surface area contributed by atoms with Gasteiger partial charge in [-0.3, -0.25) is 4.79 Å². The standard InChI is InChI=1S/C18H18O2/c1-20-18-9-5-4-8-15(18)12-17(19)16-10-13-6-2-3-7-14(13)11-16/h2-9,16H,10-12H2,1H3. The Kier molecular flexibility index (Phi) is 3.55. The van der Waals surface area contributed by atoms with Gasteiger partial charge in [0.1, 0.15) is 11.5 Å². The number of para-hydroxylation sites is 1. The Morgan fingerprint density at radius 2 is 1.65 bits per heavy atom. The van der Waals surface area contributed by atoms with Gasteiger partial charge in [-0.25, -0.2) is 0 Å². The van der Waals surface area contributed by atoms with Crippen molar-refractivity contribution in [2.24, 2.45) is 5.92 Å². The van der Waals surface area contributed by atoms with Crippen LogP contribution in [-0.2, 0) is 24.1 Å². The summed E-state index contributed by atoms with van der Waals surface area (Å²) in [6, 6.07) is 16.1. The Hall–Kier alpha value is -2.09. The van der Waals surface area contributed by atoms with E-state index in [1.54, 1.807) is 7.11 Å². The molecule has 0 aromatic heterocycles. The van der Waals surface area contributed by atoms with E-state index < -0.39 is 0 Å². The van der Waals surface area contributed by atoms with Crippen LogP contribution in [-0.4, -0.2) is 12.9 Å². The fourth-order valence-corrected chi connectivity index (χ4v) is 2.97. The topological polar surface area (TPSA) is 26.3 Å². The predicted molar refractivity (Wildman–Crippen MR) is 79.0 cm³/mol. The molecule has 0 saturated heterocycles. The van der Waals surface area contributed by atoms with Crippen molar-refractivity contribution in [3.63, 3.8) is 0 Å². The van der Waals surface area contributed by atoms with Crippen LogP contribution in [0.15, 0.2) is 48.5 Å². The van der Waals surface area contributed by atoms with Crippen LogP contribution in [0.5, 0.6) is 5.75 Å². The lowest BCUT2D eigenvalue weighted by atomic mass is 9.95. The second kappa shape index (κ2) is 5.49. The van der Waals surface area contributed by atoms with Crippen molar-refractivity contribution in [3.8, 4) is 5.75 Å². The molecule has 102 valence electrons. The molecule has 0 bridgehead atoms. The minimum absolute atomic E-state index is 0.123. The molecule has 0 unspecified atom stereocenters. The number of Topliss-reactive ketones (excluding diaryl/α,β-unsaturated/α-hetero) is 1. The predicted octanol–water partition coefficient (Wildman–Crippen LogP) is 3.22. The first-order valence-corrected chi connectivity index (χ1v) is 6.99. The highest BCUT2D eigenvalue weighted by Gasteiger charge is 2.27. The van der Waals surface area contributed by atoms with E-state index in [1.165, 1.54) is 11.1 Å². The molecule has 0 atom stereocenters. The lowest BCUT2D eigenvalue weighted by Gasteiger charge is -2.11. The van der Waals surface area contributed by atoms with Gasteiger partial charge in [-0.1, -0.05) is 42.5 Å². The quantitative estimate of drug-likeness (QED) is 0.849. The van der Waals surface area contributed by atoms with Gasteiger partial charge in [0.05, 0.1) is 7.11 Å². The molecular weight excluding hydrogens is 248 g/mol. The fourth-order valence-electron chi connectivity index (χ4n) is 2.97. The lowest BCUT2D eigenvalue weighted by molar-refractivity contribution is -0.121. The maximum Gasteiger partial charge on any atom is 0.141 e. The molecule has 3 rings (SSSR count). The van der Waals surface area contributed by atoms with E-state index in [4.69, 9.17) is 4.74 Å². The van der Waals surface area contributed by atoms with Crippen LogP contribution in [0.2, 0.25) is 0 Å². The molecule has 2 aromatic carbocycles. The van der Waals surface area contributed by atoms with Gasteiger partial charge in [-0.2, -0.15) is 0 Å². The molecule has 1 aliphatic carbocycles. The van der Waals surface area contributed by atoms with Crippen LogP contribution in [0.25, 0.3) is 0 Å². The number of ketones is 1. The average Bonchev–Trinajstić information content (AvgIpc) is 2.92. The first-order valence-electron chi connectivity index (χ1n) is 6.99. The molecule has 0 fully saturated rings. The summed E-state index contributed by atoms with van der Waals surface area (Å²) in [5, 5.41) is 0. The van der Waals surface area contributed by atoms with Crippen molar-refractivity contribution in [1.82, 2.24) is 0 Å². The Labute approximate surface area is 119 Å². The third-order valence-electron chi connectivity index (χ3n) is 4.06. The number of fused-ring (bicyclic) bond motifs is 1. The normalized spacial score (nSPS) is 14.1. The Bertz CT molecular complexity index is 606. The summed E-state index contributed by atoms with van der Waals surface area (Å²) in [7, 11) is 1.65. The number of benzene rings is 2. The molecule has 0 amide bonds. The molecule has 0 saturated carbocycles. The molecule has 0 radical (unpaired) electrons. The maximum atomic E-state index is 12.5. The van der Waals surface area contributed by atoms with E-state index in [9.17, 15) is 4.79 Å². The van der Waals surface area contributed by atoms with Crippen molar-refractivity contribution in [1.29, 1.82) is 0 Å². The molecule has 2 nitrogen and oxygen atoms in total. The van der Waals surface area contributed by atoms with Gasteiger partial charge in [0.15, 0.2) is 0 Å². The van der Waals surface area contributed by atoms with Gasteiger partial charge in [0, 0.05) is 17.9 Å². The van der Waals surface area contributed by atoms with E-state index in [0.29, 0.717) is 12.2 Å². The van der Waals surface area contributed by atoms with E-state index in [1.807, 2.05) is 36.4 Å². The Morgan fingerprint density at radius 3 is 2.30 bits per heavy atom. The van der Waals surface area contributed by atoms with Crippen LogP contribution in [0.4, 0.5) is 0 Å². The van der Waals surface area contributed by atoms with Crippen LogP contribution in [0.3, 0.4) is 0 Å². The second-order valence-corrected chi connectivity index (χ2v) is 5.33. The summed E-state index contributed by atoms with van der Waals surface area (Å²) in [6.45, 7) is 0. The van der Waals surface area contributed by atoms with Gasteiger partial charge in [-0.15, -0.1) is 0 Å². The van der Waals surface area contributed by atoms with Crippen LogP contribution in [0.1, 0.15) is 16.7 Å². The highest BCUT2D eigenvalue weighted by Crippen LogP contribution is 2.29. The molecule has 2 aromatic rings. The molecule has 20 heavy (non-hydrogen) atoms. The smallest absolute Gasteiger partial charge is 0.141 e. The van der Waals surface area contributed by atoms with E-state index >= 15 is 0 Å². The van der Waals surface area contributed by atoms with Crippen LogP contribution >= 0.6 is 0 Å². The largest absolute Gasteiger partial charge is 0.496 e. The summed E-state index contributed by atoms with van der Waals surface area (Å²) in [4.78, 5) is 12.5. The molecule has 2 heteroatoms. The number of carbonyl (C=O) groups is 1. The molecule has 1 aliphatic rings. The van der Waals surface area contributed by atoms with E-state index in [0.717, 1.165) is 24.2 Å².